The van der Waals surface area contributed by atoms with Gasteiger partial charge >= 0.3 is 0 Å². The zero-order valence-electron chi connectivity index (χ0n) is 12.9. The molecule has 5 atom stereocenters. The summed E-state index contributed by atoms with van der Waals surface area (Å²) >= 11 is 0. The highest BCUT2D eigenvalue weighted by atomic mass is 16.2. The van der Waals surface area contributed by atoms with E-state index in [1.54, 1.807) is 0 Å². The second-order valence-corrected chi connectivity index (χ2v) is 7.22. The molecule has 3 fully saturated rings. The van der Waals surface area contributed by atoms with E-state index in [4.69, 9.17) is 0 Å². The van der Waals surface area contributed by atoms with Gasteiger partial charge in [0.15, 0.2) is 0 Å². The summed E-state index contributed by atoms with van der Waals surface area (Å²) in [5, 5.41) is 6.64. The Hall–Kier alpha value is -0.610. The van der Waals surface area contributed by atoms with Crippen molar-refractivity contribution in [2.24, 2.45) is 17.8 Å². The molecule has 4 nitrogen and oxygen atoms in total. The van der Waals surface area contributed by atoms with Crippen LogP contribution in [0.5, 0.6) is 0 Å². The van der Waals surface area contributed by atoms with E-state index in [2.05, 4.69) is 29.4 Å². The number of hydrogen-bond acceptors (Lipinski definition) is 3. The van der Waals surface area contributed by atoms with Gasteiger partial charge in [0.2, 0.25) is 5.91 Å². The van der Waals surface area contributed by atoms with Crippen molar-refractivity contribution in [1.82, 2.24) is 15.5 Å². The first-order chi connectivity index (χ1) is 9.63. The van der Waals surface area contributed by atoms with E-state index in [0.29, 0.717) is 18.6 Å². The smallest absolute Gasteiger partial charge is 0.234 e. The number of fused-ring (bicyclic) bond motifs is 2. The zero-order valence-corrected chi connectivity index (χ0v) is 12.9. The minimum atomic E-state index is 0.217. The van der Waals surface area contributed by atoms with Gasteiger partial charge < -0.3 is 10.6 Å². The molecular formula is C16H29N3O. The lowest BCUT2D eigenvalue weighted by molar-refractivity contribution is -0.124. The molecule has 1 saturated heterocycles. The van der Waals surface area contributed by atoms with Gasteiger partial charge in [0.1, 0.15) is 0 Å². The molecule has 2 saturated carbocycles. The molecule has 114 valence electrons. The van der Waals surface area contributed by atoms with Crippen molar-refractivity contribution in [3.8, 4) is 0 Å². The maximum absolute atomic E-state index is 12.3. The molecule has 1 amide bonds. The number of hydrogen-bond donors (Lipinski definition) is 2. The number of carbonyl (C=O) groups excluding carboxylic acids is 1. The van der Waals surface area contributed by atoms with E-state index in [0.717, 1.165) is 37.4 Å². The van der Waals surface area contributed by atoms with Crippen molar-refractivity contribution >= 4 is 5.91 Å². The largest absolute Gasteiger partial charge is 0.352 e. The number of carbonyl (C=O) groups is 1. The molecule has 3 rings (SSSR count). The van der Waals surface area contributed by atoms with E-state index in [-0.39, 0.29) is 5.91 Å². The van der Waals surface area contributed by atoms with E-state index >= 15 is 0 Å². The number of nitrogens with zero attached hydrogens (tertiary/aromatic N) is 1. The molecule has 0 aromatic heterocycles. The third kappa shape index (κ3) is 3.01. The van der Waals surface area contributed by atoms with Crippen LogP contribution >= 0.6 is 0 Å². The first-order valence-corrected chi connectivity index (χ1v) is 8.37. The van der Waals surface area contributed by atoms with Crippen LogP contribution in [0.1, 0.15) is 39.5 Å². The Bertz CT molecular complexity index is 360. The van der Waals surface area contributed by atoms with Crippen molar-refractivity contribution in [2.75, 3.05) is 26.2 Å². The average Bonchev–Trinajstić information content (AvgIpc) is 3.03. The summed E-state index contributed by atoms with van der Waals surface area (Å²) in [6.07, 6.45) is 5.58. The Balaban J connectivity index is 1.46. The van der Waals surface area contributed by atoms with Crippen LogP contribution in [-0.2, 0) is 4.79 Å². The standard InChI is InChI=1S/C16H29N3O/c1-11-9-17-5-6-19(11)10-16(20)18-12(2)15-8-13-3-4-14(15)7-13/h11-15,17H,3-10H2,1-2H3,(H,18,20). The summed E-state index contributed by atoms with van der Waals surface area (Å²) in [7, 11) is 0. The van der Waals surface area contributed by atoms with Gasteiger partial charge in [0, 0.05) is 31.7 Å². The zero-order chi connectivity index (χ0) is 14.1. The fraction of sp³-hybridized carbons (Fsp3) is 0.938. The van der Waals surface area contributed by atoms with Crippen molar-refractivity contribution < 1.29 is 4.79 Å². The molecule has 2 aliphatic carbocycles. The number of rotatable bonds is 4. The second kappa shape index (κ2) is 6.02. The lowest BCUT2D eigenvalue weighted by Gasteiger charge is -2.34. The van der Waals surface area contributed by atoms with E-state index < -0.39 is 0 Å². The van der Waals surface area contributed by atoms with Crippen molar-refractivity contribution in [2.45, 2.75) is 51.6 Å². The first-order valence-electron chi connectivity index (χ1n) is 8.37. The number of amides is 1. The van der Waals surface area contributed by atoms with Crippen LogP contribution in [0.15, 0.2) is 0 Å². The Morgan fingerprint density at radius 2 is 2.25 bits per heavy atom. The van der Waals surface area contributed by atoms with Crippen molar-refractivity contribution in [3.05, 3.63) is 0 Å². The van der Waals surface area contributed by atoms with Crippen molar-refractivity contribution in [3.63, 3.8) is 0 Å². The second-order valence-electron chi connectivity index (χ2n) is 7.22. The summed E-state index contributed by atoms with van der Waals surface area (Å²) in [4.78, 5) is 14.5. The van der Waals surface area contributed by atoms with Gasteiger partial charge in [-0.05, 0) is 50.9 Å². The third-order valence-corrected chi connectivity index (χ3v) is 5.81. The molecule has 1 heterocycles. The Morgan fingerprint density at radius 3 is 2.90 bits per heavy atom. The molecular weight excluding hydrogens is 250 g/mol. The van der Waals surface area contributed by atoms with Gasteiger partial charge in [-0.2, -0.15) is 0 Å². The number of piperazine rings is 1. The molecule has 3 aliphatic rings. The maximum Gasteiger partial charge on any atom is 0.234 e. The minimum Gasteiger partial charge on any atom is -0.352 e. The van der Waals surface area contributed by atoms with Gasteiger partial charge in [0.25, 0.3) is 0 Å². The highest BCUT2D eigenvalue weighted by Crippen LogP contribution is 2.49. The fourth-order valence-corrected chi connectivity index (χ4v) is 4.62. The molecule has 0 spiro atoms. The fourth-order valence-electron chi connectivity index (χ4n) is 4.62. The van der Waals surface area contributed by atoms with E-state index in [1.165, 1.54) is 25.7 Å². The lowest BCUT2D eigenvalue weighted by atomic mass is 9.84. The molecule has 20 heavy (non-hydrogen) atoms. The summed E-state index contributed by atoms with van der Waals surface area (Å²) in [6.45, 7) is 7.95. The predicted octanol–water partition coefficient (Wildman–Crippen LogP) is 1.22. The van der Waals surface area contributed by atoms with E-state index in [1.807, 2.05) is 0 Å². The lowest BCUT2D eigenvalue weighted by Crippen LogP contribution is -2.54. The van der Waals surface area contributed by atoms with Crippen LogP contribution < -0.4 is 10.6 Å². The topological polar surface area (TPSA) is 44.4 Å². The van der Waals surface area contributed by atoms with Gasteiger partial charge in [-0.15, -0.1) is 0 Å². The highest BCUT2D eigenvalue weighted by Gasteiger charge is 2.42. The molecule has 4 heteroatoms. The molecule has 2 N–H and O–H groups in total. The van der Waals surface area contributed by atoms with Crippen LogP contribution in [-0.4, -0.2) is 49.1 Å². The summed E-state index contributed by atoms with van der Waals surface area (Å²) < 4.78 is 0. The summed E-state index contributed by atoms with van der Waals surface area (Å²) in [5.74, 6) is 2.79. The molecule has 2 bridgehead atoms. The molecule has 5 unspecified atom stereocenters. The summed E-state index contributed by atoms with van der Waals surface area (Å²) in [5.41, 5.74) is 0. The SMILES string of the molecule is CC(NC(=O)CN1CCNCC1C)C1CC2CCC1C2. The van der Waals surface area contributed by atoms with Gasteiger partial charge in [0.05, 0.1) is 6.54 Å². The van der Waals surface area contributed by atoms with Crippen LogP contribution in [0, 0.1) is 17.8 Å². The molecule has 0 aromatic rings. The predicted molar refractivity (Wildman–Crippen MR) is 80.4 cm³/mol. The first kappa shape index (κ1) is 14.3. The normalized spacial score (nSPS) is 38.9. The minimum absolute atomic E-state index is 0.217. The van der Waals surface area contributed by atoms with Gasteiger partial charge in [-0.25, -0.2) is 0 Å². The van der Waals surface area contributed by atoms with Crippen LogP contribution in [0.2, 0.25) is 0 Å². The number of nitrogens with one attached hydrogen (secondary N) is 2. The van der Waals surface area contributed by atoms with Crippen LogP contribution in [0.25, 0.3) is 0 Å². The third-order valence-electron chi connectivity index (χ3n) is 5.81. The Morgan fingerprint density at radius 1 is 1.40 bits per heavy atom. The van der Waals surface area contributed by atoms with Crippen LogP contribution in [0.4, 0.5) is 0 Å². The quantitative estimate of drug-likeness (QED) is 0.813. The monoisotopic (exact) mass is 279 g/mol. The average molecular weight is 279 g/mol. The van der Waals surface area contributed by atoms with E-state index in [9.17, 15) is 4.79 Å². The molecule has 1 aliphatic heterocycles. The highest BCUT2D eigenvalue weighted by molar-refractivity contribution is 5.78. The van der Waals surface area contributed by atoms with Gasteiger partial charge in [-0.3, -0.25) is 9.69 Å². The Labute approximate surface area is 122 Å². The summed E-state index contributed by atoms with van der Waals surface area (Å²) in [6, 6.07) is 0.823. The van der Waals surface area contributed by atoms with Gasteiger partial charge in [-0.1, -0.05) is 6.42 Å². The molecule has 0 aromatic carbocycles. The molecule has 0 radical (unpaired) electrons. The van der Waals surface area contributed by atoms with Crippen molar-refractivity contribution in [1.29, 1.82) is 0 Å². The Kier molecular flexibility index (Phi) is 4.32. The maximum atomic E-state index is 12.3. The van der Waals surface area contributed by atoms with Crippen LogP contribution in [0.3, 0.4) is 0 Å².